The summed E-state index contributed by atoms with van der Waals surface area (Å²) in [6, 6.07) is 10.4. The number of aromatic nitrogens is 1. The van der Waals surface area contributed by atoms with E-state index in [9.17, 15) is 4.79 Å². The Morgan fingerprint density at radius 1 is 1.26 bits per heavy atom. The van der Waals surface area contributed by atoms with Crippen LogP contribution in [0.3, 0.4) is 0 Å². The number of nitrogen functional groups attached to an aromatic ring is 1. The number of rotatable bonds is 4. The lowest BCUT2D eigenvalue weighted by Crippen LogP contribution is -2.14. The van der Waals surface area contributed by atoms with E-state index in [-0.39, 0.29) is 5.91 Å². The molecule has 1 aromatic carbocycles. The maximum absolute atomic E-state index is 11.9. The van der Waals surface area contributed by atoms with Crippen molar-refractivity contribution in [2.24, 2.45) is 5.84 Å². The molecule has 0 saturated carbocycles. The van der Waals surface area contributed by atoms with E-state index in [1.807, 2.05) is 0 Å². The van der Waals surface area contributed by atoms with Crippen LogP contribution < -0.4 is 21.3 Å². The fourth-order valence-corrected chi connectivity index (χ4v) is 1.51. The molecule has 0 radical (unpaired) electrons. The summed E-state index contributed by atoms with van der Waals surface area (Å²) in [7, 11) is 1.57. The van der Waals surface area contributed by atoms with Crippen LogP contribution in [0.25, 0.3) is 0 Å². The third-order valence-corrected chi connectivity index (χ3v) is 2.49. The van der Waals surface area contributed by atoms with Gasteiger partial charge in [-0.25, -0.2) is 4.98 Å². The van der Waals surface area contributed by atoms with E-state index in [4.69, 9.17) is 10.6 Å². The number of hydrazine groups is 1. The highest BCUT2D eigenvalue weighted by Crippen LogP contribution is 2.17. The Balaban J connectivity index is 2.11. The van der Waals surface area contributed by atoms with Crippen LogP contribution >= 0.6 is 0 Å². The van der Waals surface area contributed by atoms with Crippen molar-refractivity contribution < 1.29 is 9.53 Å². The van der Waals surface area contributed by atoms with Crippen molar-refractivity contribution in [3.63, 3.8) is 0 Å². The Hall–Kier alpha value is -2.60. The van der Waals surface area contributed by atoms with E-state index >= 15 is 0 Å². The van der Waals surface area contributed by atoms with Gasteiger partial charge in [0, 0.05) is 11.8 Å². The Kier molecular flexibility index (Phi) is 3.94. The van der Waals surface area contributed by atoms with Crippen LogP contribution in [0.1, 0.15) is 10.5 Å². The summed E-state index contributed by atoms with van der Waals surface area (Å²) in [5.41, 5.74) is 4.04. The van der Waals surface area contributed by atoms with E-state index in [0.717, 1.165) is 0 Å². The van der Waals surface area contributed by atoms with Crippen molar-refractivity contribution in [3.05, 3.63) is 48.3 Å². The summed E-state index contributed by atoms with van der Waals surface area (Å²) >= 11 is 0. The highest BCUT2D eigenvalue weighted by Gasteiger charge is 2.07. The normalized spacial score (nSPS) is 9.79. The van der Waals surface area contributed by atoms with Crippen LogP contribution in [0.4, 0.5) is 11.4 Å². The van der Waals surface area contributed by atoms with Crippen LogP contribution in [0.15, 0.2) is 42.6 Å². The van der Waals surface area contributed by atoms with Gasteiger partial charge in [0.1, 0.15) is 11.4 Å². The van der Waals surface area contributed by atoms with Gasteiger partial charge in [0.05, 0.1) is 19.0 Å². The largest absolute Gasteiger partial charge is 0.497 e. The molecule has 0 aliphatic heterocycles. The van der Waals surface area contributed by atoms with E-state index in [1.165, 1.54) is 6.20 Å². The van der Waals surface area contributed by atoms with Gasteiger partial charge in [0.2, 0.25) is 0 Å². The minimum absolute atomic E-state index is 0.295. The van der Waals surface area contributed by atoms with Crippen LogP contribution in [0.5, 0.6) is 5.75 Å². The molecule has 6 nitrogen and oxygen atoms in total. The molecule has 0 fully saturated rings. The van der Waals surface area contributed by atoms with Crippen molar-refractivity contribution in [2.75, 3.05) is 17.9 Å². The maximum Gasteiger partial charge on any atom is 0.274 e. The molecule has 19 heavy (non-hydrogen) atoms. The minimum atomic E-state index is -0.295. The van der Waals surface area contributed by atoms with Crippen molar-refractivity contribution >= 4 is 17.3 Å². The summed E-state index contributed by atoms with van der Waals surface area (Å²) in [4.78, 5) is 15.9. The zero-order valence-electron chi connectivity index (χ0n) is 10.4. The highest BCUT2D eigenvalue weighted by atomic mass is 16.5. The third kappa shape index (κ3) is 3.20. The SMILES string of the molecule is COc1cccc(NC(=O)c2ccc(NN)cn2)c1. The first kappa shape index (κ1) is 12.8. The summed E-state index contributed by atoms with van der Waals surface area (Å²) in [5.74, 6) is 5.61. The van der Waals surface area contributed by atoms with Gasteiger partial charge in [-0.3, -0.25) is 10.6 Å². The van der Waals surface area contributed by atoms with Gasteiger partial charge < -0.3 is 15.5 Å². The number of pyridine rings is 1. The topological polar surface area (TPSA) is 89.3 Å². The molecule has 0 unspecified atom stereocenters. The van der Waals surface area contributed by atoms with Gasteiger partial charge in [-0.15, -0.1) is 0 Å². The second-order valence-electron chi connectivity index (χ2n) is 3.76. The fraction of sp³-hybridized carbons (Fsp3) is 0.0769. The van der Waals surface area contributed by atoms with Crippen LogP contribution in [-0.2, 0) is 0 Å². The number of ether oxygens (including phenoxy) is 1. The number of anilines is 2. The molecule has 1 amide bonds. The smallest absolute Gasteiger partial charge is 0.274 e. The number of benzene rings is 1. The number of hydrogen-bond acceptors (Lipinski definition) is 5. The maximum atomic E-state index is 11.9. The molecular weight excluding hydrogens is 244 g/mol. The van der Waals surface area contributed by atoms with Gasteiger partial charge in [-0.05, 0) is 24.3 Å². The molecule has 4 N–H and O–H groups in total. The summed E-state index contributed by atoms with van der Waals surface area (Å²) in [6.45, 7) is 0. The molecule has 6 heteroatoms. The molecule has 2 aromatic rings. The van der Waals surface area contributed by atoms with E-state index in [2.05, 4.69) is 15.7 Å². The van der Waals surface area contributed by atoms with Crippen molar-refractivity contribution in [1.29, 1.82) is 0 Å². The number of hydrogen-bond donors (Lipinski definition) is 3. The van der Waals surface area contributed by atoms with Gasteiger partial charge in [-0.1, -0.05) is 6.07 Å². The number of methoxy groups -OCH3 is 1. The Morgan fingerprint density at radius 2 is 2.11 bits per heavy atom. The molecule has 0 saturated heterocycles. The van der Waals surface area contributed by atoms with E-state index < -0.39 is 0 Å². The molecule has 0 bridgehead atoms. The van der Waals surface area contributed by atoms with Gasteiger partial charge in [-0.2, -0.15) is 0 Å². The molecule has 0 spiro atoms. The summed E-state index contributed by atoms with van der Waals surface area (Å²) in [5, 5.41) is 2.74. The standard InChI is InChI=1S/C13H14N4O2/c1-19-11-4-2-3-9(7-11)16-13(18)12-6-5-10(17-14)8-15-12/h2-8,17H,14H2,1H3,(H,16,18). The van der Waals surface area contributed by atoms with Crippen molar-refractivity contribution in [2.45, 2.75) is 0 Å². The van der Waals surface area contributed by atoms with E-state index in [1.54, 1.807) is 43.5 Å². The number of nitrogens with zero attached hydrogens (tertiary/aromatic N) is 1. The number of carbonyl (C=O) groups excluding carboxylic acids is 1. The first-order chi connectivity index (χ1) is 9.22. The highest BCUT2D eigenvalue weighted by molar-refractivity contribution is 6.03. The monoisotopic (exact) mass is 258 g/mol. The minimum Gasteiger partial charge on any atom is -0.497 e. The molecule has 1 aromatic heterocycles. The number of carbonyl (C=O) groups is 1. The molecule has 2 rings (SSSR count). The predicted molar refractivity (Wildman–Crippen MR) is 73.0 cm³/mol. The van der Waals surface area contributed by atoms with Crippen LogP contribution in [0, 0.1) is 0 Å². The van der Waals surface area contributed by atoms with Crippen molar-refractivity contribution in [3.8, 4) is 5.75 Å². The van der Waals surface area contributed by atoms with Gasteiger partial charge in [0.25, 0.3) is 5.91 Å². The van der Waals surface area contributed by atoms with Crippen LogP contribution in [-0.4, -0.2) is 18.0 Å². The average Bonchev–Trinajstić information content (AvgIpc) is 2.47. The zero-order valence-corrected chi connectivity index (χ0v) is 10.4. The average molecular weight is 258 g/mol. The van der Waals surface area contributed by atoms with Crippen molar-refractivity contribution in [1.82, 2.24) is 4.98 Å². The molecule has 0 atom stereocenters. The van der Waals surface area contributed by atoms with Crippen LogP contribution in [0.2, 0.25) is 0 Å². The number of amides is 1. The molecule has 98 valence electrons. The Morgan fingerprint density at radius 3 is 2.74 bits per heavy atom. The van der Waals surface area contributed by atoms with Gasteiger partial charge >= 0.3 is 0 Å². The third-order valence-electron chi connectivity index (χ3n) is 2.49. The lowest BCUT2D eigenvalue weighted by molar-refractivity contribution is 0.102. The molecule has 1 heterocycles. The zero-order chi connectivity index (χ0) is 13.7. The molecular formula is C13H14N4O2. The second kappa shape index (κ2) is 5.83. The lowest BCUT2D eigenvalue weighted by atomic mass is 10.2. The second-order valence-corrected chi connectivity index (χ2v) is 3.76. The molecule has 0 aliphatic rings. The first-order valence-corrected chi connectivity index (χ1v) is 5.61. The molecule has 0 aliphatic carbocycles. The first-order valence-electron chi connectivity index (χ1n) is 5.61. The predicted octanol–water partition coefficient (Wildman–Crippen LogP) is 1.63. The van der Waals surface area contributed by atoms with Gasteiger partial charge in [0.15, 0.2) is 0 Å². The fourth-order valence-electron chi connectivity index (χ4n) is 1.51. The number of nitrogens with two attached hydrogens (primary N) is 1. The Bertz CT molecular complexity index is 569. The van der Waals surface area contributed by atoms with E-state index in [0.29, 0.717) is 22.8 Å². The number of nitrogens with one attached hydrogen (secondary N) is 2. The lowest BCUT2D eigenvalue weighted by Gasteiger charge is -2.07. The summed E-state index contributed by atoms with van der Waals surface area (Å²) < 4.78 is 5.08. The quantitative estimate of drug-likeness (QED) is 0.573. The summed E-state index contributed by atoms with van der Waals surface area (Å²) in [6.07, 6.45) is 1.49. The Labute approximate surface area is 110 Å².